The zero-order valence-electron chi connectivity index (χ0n) is 47.5. The van der Waals surface area contributed by atoms with E-state index in [9.17, 15) is 9.59 Å². The molecule has 1 aliphatic heterocycles. The van der Waals surface area contributed by atoms with Crippen molar-refractivity contribution in [3.63, 3.8) is 0 Å². The summed E-state index contributed by atoms with van der Waals surface area (Å²) in [6.45, 7) is 8.81. The largest absolute Gasteiger partial charge is 0.449 e. The summed E-state index contributed by atoms with van der Waals surface area (Å²) in [5, 5.41) is 3.29. The maximum atomic E-state index is 15.4. The lowest BCUT2D eigenvalue weighted by molar-refractivity contribution is -0.161. The van der Waals surface area contributed by atoms with Crippen molar-refractivity contribution in [2.75, 3.05) is 33.8 Å². The number of benzene rings is 5. The molecule has 8 rings (SSSR count). The van der Waals surface area contributed by atoms with Gasteiger partial charge >= 0.3 is 12.1 Å². The molecular formula is C67H83ClN4O7. The molecule has 5 aromatic carbocycles. The van der Waals surface area contributed by atoms with Crippen molar-refractivity contribution in [2.45, 2.75) is 160 Å². The van der Waals surface area contributed by atoms with E-state index in [1.165, 1.54) is 60.3 Å². The number of nitrogens with one attached hydrogen (secondary N) is 1. The summed E-state index contributed by atoms with van der Waals surface area (Å²) in [5.74, 6) is -2.19. The molecule has 0 aromatic heterocycles. The van der Waals surface area contributed by atoms with E-state index in [-0.39, 0.29) is 36.7 Å². The summed E-state index contributed by atoms with van der Waals surface area (Å²) in [6, 6.07) is 38.3. The van der Waals surface area contributed by atoms with Gasteiger partial charge in [-0.25, -0.2) is 4.79 Å². The van der Waals surface area contributed by atoms with Crippen LogP contribution in [-0.4, -0.2) is 96.4 Å². The third kappa shape index (κ3) is 13.8. The summed E-state index contributed by atoms with van der Waals surface area (Å²) in [5.41, 5.74) is 5.99. The average molecular weight is 1090 g/mol. The van der Waals surface area contributed by atoms with Crippen LogP contribution in [0.4, 0.5) is 4.79 Å². The monoisotopic (exact) mass is 1090 g/mol. The van der Waals surface area contributed by atoms with Gasteiger partial charge in [-0.1, -0.05) is 212 Å². The standard InChI is InChI=1S/C67H83ClN4O7/c1-7-47(4)62(69-66(77)78-45-56-54-33-21-19-31-52(54)53-32-20-22-34-55(53)56)65(76)71(6)59(43-46(2)3)63(74)70(5)60(64(75)72-41-25-14-26-42-72)44-61(73)79-67(50-29-17-13-18-30-50,57-35-23-24-36-58(57)68)51-39-37-49(38-40-51)48-27-15-11-9-8-10-12-16-28-48/h13,17-24,29-40,46-48,56,59-60,62H,7-12,14-16,25-28,41-45H2,1-6H3,(H,69,77)/t47-,59-,60-,62-,67?/m0/s1. The zero-order chi connectivity index (χ0) is 56.1. The van der Waals surface area contributed by atoms with Crippen LogP contribution in [0.5, 0.6) is 0 Å². The minimum Gasteiger partial charge on any atom is -0.449 e. The van der Waals surface area contributed by atoms with Crippen molar-refractivity contribution >= 4 is 41.4 Å². The number of hydrogen-bond donors (Lipinski definition) is 1. The quantitative estimate of drug-likeness (QED) is 0.0645. The Morgan fingerprint density at radius 1 is 0.646 bits per heavy atom. The van der Waals surface area contributed by atoms with E-state index in [1.807, 2.05) is 100 Å². The van der Waals surface area contributed by atoms with E-state index in [0.717, 1.165) is 54.4 Å². The van der Waals surface area contributed by atoms with Gasteiger partial charge < -0.3 is 29.5 Å². The molecule has 11 nitrogen and oxygen atoms in total. The fraction of sp³-hybridized carbons (Fsp3) is 0.478. The maximum absolute atomic E-state index is 15.4. The number of hydrogen-bond acceptors (Lipinski definition) is 7. The number of likely N-dealkylation sites (tertiary alicyclic amines) is 1. The second kappa shape index (κ2) is 27.6. The van der Waals surface area contributed by atoms with Gasteiger partial charge in [-0.2, -0.15) is 0 Å². The molecule has 1 saturated carbocycles. The van der Waals surface area contributed by atoms with E-state index >= 15 is 14.4 Å². The van der Waals surface area contributed by atoms with Crippen LogP contribution in [0.3, 0.4) is 0 Å². The third-order valence-corrected chi connectivity index (χ3v) is 17.4. The molecule has 2 aliphatic carbocycles. The second-order valence-corrected chi connectivity index (χ2v) is 23.3. The Labute approximate surface area is 474 Å². The molecule has 1 heterocycles. The van der Waals surface area contributed by atoms with E-state index in [2.05, 4.69) is 53.8 Å². The first-order valence-electron chi connectivity index (χ1n) is 29.3. The van der Waals surface area contributed by atoms with Gasteiger partial charge in [-0.15, -0.1) is 0 Å². The average Bonchev–Trinajstić information content (AvgIpc) is 4.00. The van der Waals surface area contributed by atoms with Crippen molar-refractivity contribution in [1.29, 1.82) is 0 Å². The summed E-state index contributed by atoms with van der Waals surface area (Å²) >= 11 is 7.18. The lowest BCUT2D eigenvalue weighted by Gasteiger charge is -2.40. The van der Waals surface area contributed by atoms with E-state index in [4.69, 9.17) is 21.1 Å². The summed E-state index contributed by atoms with van der Waals surface area (Å²) in [4.78, 5) is 79.0. The fourth-order valence-electron chi connectivity index (χ4n) is 12.4. The van der Waals surface area contributed by atoms with Crippen molar-refractivity contribution < 1.29 is 33.4 Å². The highest BCUT2D eigenvalue weighted by atomic mass is 35.5. The molecule has 1 saturated heterocycles. The van der Waals surface area contributed by atoms with Crippen LogP contribution >= 0.6 is 11.6 Å². The van der Waals surface area contributed by atoms with Crippen LogP contribution < -0.4 is 5.32 Å². The number of carbonyl (C=O) groups is 5. The van der Waals surface area contributed by atoms with E-state index in [0.29, 0.717) is 47.1 Å². The SMILES string of the molecule is CC[C@H](C)[C@H](NC(=O)OCC1c2ccccc2-c2ccccc21)C(=O)N(C)[C@@H](CC(C)C)C(=O)N(C)[C@@H](CC(=O)OC(c1ccccc1)(c1ccc(C2CCCCCCCCC2)cc1)c1ccccc1Cl)C(=O)N1CCCCC1. The van der Waals surface area contributed by atoms with Gasteiger partial charge in [0, 0.05) is 54.8 Å². The fourth-order valence-corrected chi connectivity index (χ4v) is 12.6. The zero-order valence-corrected chi connectivity index (χ0v) is 48.2. The molecule has 5 aromatic rings. The van der Waals surface area contributed by atoms with Crippen molar-refractivity contribution in [1.82, 2.24) is 20.0 Å². The Hall–Kier alpha value is -6.46. The summed E-state index contributed by atoms with van der Waals surface area (Å²) in [6.07, 6.45) is 13.1. The Kier molecular flexibility index (Phi) is 20.5. The predicted octanol–water partition coefficient (Wildman–Crippen LogP) is 13.8. The van der Waals surface area contributed by atoms with Gasteiger partial charge in [-0.3, -0.25) is 19.2 Å². The Bertz CT molecular complexity index is 2800. The number of likely N-dealkylation sites (N-methyl/N-ethyl adjacent to an activating group) is 2. The first-order chi connectivity index (χ1) is 38.2. The second-order valence-electron chi connectivity index (χ2n) is 22.9. The lowest BCUT2D eigenvalue weighted by atomic mass is 9.78. The summed E-state index contributed by atoms with van der Waals surface area (Å²) < 4.78 is 12.9. The number of piperidine rings is 1. The van der Waals surface area contributed by atoms with E-state index < -0.39 is 54.0 Å². The minimum absolute atomic E-state index is 0.0643. The number of carbonyl (C=O) groups excluding carboxylic acids is 5. The molecule has 4 amide bonds. The van der Waals surface area contributed by atoms with Gasteiger partial charge in [0.1, 0.15) is 24.7 Å². The smallest absolute Gasteiger partial charge is 0.407 e. The van der Waals surface area contributed by atoms with Gasteiger partial charge in [0.15, 0.2) is 5.60 Å². The van der Waals surface area contributed by atoms with Gasteiger partial charge in [-0.05, 0) is 90.2 Å². The first kappa shape index (κ1) is 58.7. The molecule has 420 valence electrons. The number of ether oxygens (including phenoxy) is 2. The normalized spacial score (nSPS) is 17.4. The molecule has 1 N–H and O–H groups in total. The first-order valence-corrected chi connectivity index (χ1v) is 29.7. The van der Waals surface area contributed by atoms with Gasteiger partial charge in [0.05, 0.1) is 6.42 Å². The number of alkyl carbamates (subject to hydrolysis) is 1. The molecule has 0 bridgehead atoms. The molecule has 3 aliphatic rings. The van der Waals surface area contributed by atoms with Crippen LogP contribution in [0, 0.1) is 11.8 Å². The maximum Gasteiger partial charge on any atom is 0.407 e. The Morgan fingerprint density at radius 2 is 1.18 bits per heavy atom. The number of halogens is 1. The van der Waals surface area contributed by atoms with Crippen LogP contribution in [-0.2, 0) is 34.3 Å². The number of nitrogens with zero attached hydrogens (tertiary/aromatic N) is 3. The van der Waals surface area contributed by atoms with Crippen molar-refractivity contribution in [3.8, 4) is 11.1 Å². The Balaban J connectivity index is 1.07. The molecule has 0 radical (unpaired) electrons. The molecule has 0 spiro atoms. The molecular weight excluding hydrogens is 1010 g/mol. The number of rotatable bonds is 19. The minimum atomic E-state index is -1.55. The van der Waals surface area contributed by atoms with E-state index in [1.54, 1.807) is 25.1 Å². The van der Waals surface area contributed by atoms with Crippen LogP contribution in [0.15, 0.2) is 127 Å². The van der Waals surface area contributed by atoms with Gasteiger partial charge in [0.2, 0.25) is 17.7 Å². The molecule has 2 fully saturated rings. The van der Waals surface area contributed by atoms with Crippen molar-refractivity contribution in [2.24, 2.45) is 11.8 Å². The molecule has 5 atom stereocenters. The van der Waals surface area contributed by atoms with Gasteiger partial charge in [0.25, 0.3) is 0 Å². The highest BCUT2D eigenvalue weighted by molar-refractivity contribution is 6.31. The number of esters is 1. The highest BCUT2D eigenvalue weighted by Gasteiger charge is 2.45. The summed E-state index contributed by atoms with van der Waals surface area (Å²) in [7, 11) is 3.12. The number of fused-ring (bicyclic) bond motifs is 3. The topological polar surface area (TPSA) is 126 Å². The Morgan fingerprint density at radius 3 is 1.77 bits per heavy atom. The third-order valence-electron chi connectivity index (χ3n) is 17.1. The molecule has 1 unspecified atom stereocenters. The van der Waals surface area contributed by atoms with Crippen molar-refractivity contribution in [3.05, 3.63) is 166 Å². The highest BCUT2D eigenvalue weighted by Crippen LogP contribution is 2.46. The number of amides is 4. The predicted molar refractivity (Wildman–Crippen MR) is 314 cm³/mol. The van der Waals surface area contributed by atoms with Crippen LogP contribution in [0.1, 0.15) is 169 Å². The molecule has 79 heavy (non-hydrogen) atoms. The lowest BCUT2D eigenvalue weighted by Crippen LogP contribution is -2.59. The van der Waals surface area contributed by atoms with Crippen LogP contribution in [0.2, 0.25) is 5.02 Å². The molecule has 12 heteroatoms. The van der Waals surface area contributed by atoms with Crippen LogP contribution in [0.25, 0.3) is 11.1 Å².